The number of carbonyl (C=O) groups is 1. The number of aromatic nitrogens is 2. The van der Waals surface area contributed by atoms with Crippen LogP contribution in [0.3, 0.4) is 0 Å². The zero-order valence-electron chi connectivity index (χ0n) is 12.9. The number of allylic oxidation sites excluding steroid dienone is 1. The monoisotopic (exact) mass is 376 g/mol. The highest BCUT2D eigenvalue weighted by atomic mass is 35.5. The van der Waals surface area contributed by atoms with Crippen molar-refractivity contribution < 1.29 is 4.79 Å². The van der Waals surface area contributed by atoms with E-state index in [1.54, 1.807) is 18.3 Å². The summed E-state index contributed by atoms with van der Waals surface area (Å²) in [6.07, 6.45) is 6.40. The van der Waals surface area contributed by atoms with E-state index in [0.29, 0.717) is 15.5 Å². The molecule has 0 radical (unpaired) electrons. The maximum Gasteiger partial charge on any atom is 0.261 e. The van der Waals surface area contributed by atoms with Crippen LogP contribution >= 0.6 is 34.7 Å². The number of fused-ring (bicyclic) bond motifs is 1. The van der Waals surface area contributed by atoms with Crippen LogP contribution in [0.2, 0.25) is 5.02 Å². The maximum atomic E-state index is 12.6. The van der Waals surface area contributed by atoms with Gasteiger partial charge in [-0.25, -0.2) is 0 Å². The normalized spacial score (nSPS) is 11.5. The number of thioether (sulfide) groups is 1. The van der Waals surface area contributed by atoms with Crippen molar-refractivity contribution in [3.05, 3.63) is 62.0 Å². The first-order valence-corrected chi connectivity index (χ1v) is 9.51. The fourth-order valence-electron chi connectivity index (χ4n) is 2.33. The van der Waals surface area contributed by atoms with Crippen LogP contribution in [0, 0.1) is 6.92 Å². The topological polar surface area (TPSA) is 62.8 Å². The Kier molecular flexibility index (Phi) is 4.89. The lowest BCUT2D eigenvalue weighted by Crippen LogP contribution is -2.17. The largest absolute Gasteiger partial charge is 0.313 e. The molecule has 0 spiro atoms. The summed E-state index contributed by atoms with van der Waals surface area (Å²) in [4.78, 5) is 33.3. The van der Waals surface area contributed by atoms with Crippen LogP contribution in [0.15, 0.2) is 39.5 Å². The molecule has 3 rings (SSSR count). The summed E-state index contributed by atoms with van der Waals surface area (Å²) in [5, 5.41) is 3.29. The Morgan fingerprint density at radius 3 is 2.96 bits per heavy atom. The van der Waals surface area contributed by atoms with Gasteiger partial charge >= 0.3 is 0 Å². The van der Waals surface area contributed by atoms with Crippen molar-refractivity contribution in [1.29, 1.82) is 0 Å². The van der Waals surface area contributed by atoms with E-state index in [1.165, 1.54) is 29.2 Å². The lowest BCUT2D eigenvalue weighted by molar-refractivity contribution is 0.104. The molecule has 24 heavy (non-hydrogen) atoms. The zero-order chi connectivity index (χ0) is 17.3. The number of hydrogen-bond acceptors (Lipinski definition) is 5. The van der Waals surface area contributed by atoms with Gasteiger partial charge in [0.1, 0.15) is 10.4 Å². The predicted molar refractivity (Wildman–Crippen MR) is 102 cm³/mol. The number of hydrogen-bond donors (Lipinski definition) is 1. The van der Waals surface area contributed by atoms with E-state index in [2.05, 4.69) is 9.97 Å². The summed E-state index contributed by atoms with van der Waals surface area (Å²) in [7, 11) is 0. The molecule has 0 atom stereocenters. The third-order valence-corrected chi connectivity index (χ3v) is 5.46. The zero-order valence-corrected chi connectivity index (χ0v) is 15.3. The number of rotatable bonds is 4. The molecule has 3 heterocycles. The molecule has 0 aliphatic carbocycles. The number of aryl methyl sites for hydroxylation is 1. The van der Waals surface area contributed by atoms with Gasteiger partial charge in [-0.3, -0.25) is 14.6 Å². The fraction of sp³-hybridized carbons (Fsp3) is 0.118. The standard InChI is InChI=1S/C17H13ClN2O2S2/c1-9-7-12(18)10(8-19-9)3-4-13(21)14-15(23-2)11-5-6-24-17(11)20-16(14)22/h3-8H,1-2H3,(H,20,22)/b4-3+. The van der Waals surface area contributed by atoms with Crippen LogP contribution in [0.25, 0.3) is 16.3 Å². The molecule has 0 bridgehead atoms. The number of carbonyl (C=O) groups excluding carboxylic acids is 1. The van der Waals surface area contributed by atoms with Crippen LogP contribution in [-0.4, -0.2) is 22.0 Å². The third kappa shape index (κ3) is 3.17. The van der Waals surface area contributed by atoms with E-state index in [4.69, 9.17) is 11.6 Å². The summed E-state index contributed by atoms with van der Waals surface area (Å²) >= 11 is 8.97. The number of aromatic amines is 1. The van der Waals surface area contributed by atoms with Crippen LogP contribution in [0.4, 0.5) is 0 Å². The second-order valence-electron chi connectivity index (χ2n) is 5.07. The van der Waals surface area contributed by atoms with E-state index in [9.17, 15) is 9.59 Å². The van der Waals surface area contributed by atoms with Gasteiger partial charge in [0.05, 0.1) is 5.02 Å². The van der Waals surface area contributed by atoms with Crippen molar-refractivity contribution >= 4 is 56.8 Å². The summed E-state index contributed by atoms with van der Waals surface area (Å²) < 4.78 is 0. The Balaban J connectivity index is 2.04. The maximum absolute atomic E-state index is 12.6. The van der Waals surface area contributed by atoms with E-state index < -0.39 is 0 Å². The molecule has 7 heteroatoms. The molecule has 122 valence electrons. The minimum absolute atomic E-state index is 0.154. The minimum atomic E-state index is -0.378. The lowest BCUT2D eigenvalue weighted by Gasteiger charge is -2.05. The smallest absolute Gasteiger partial charge is 0.261 e. The van der Waals surface area contributed by atoms with Crippen molar-refractivity contribution in [3.8, 4) is 0 Å². The van der Waals surface area contributed by atoms with Gasteiger partial charge in [-0.1, -0.05) is 11.6 Å². The van der Waals surface area contributed by atoms with E-state index in [0.717, 1.165) is 15.9 Å². The first kappa shape index (κ1) is 17.0. The van der Waals surface area contributed by atoms with Gasteiger partial charge in [-0.05, 0) is 42.8 Å². The summed E-state index contributed by atoms with van der Waals surface area (Å²) in [5.74, 6) is -0.356. The fourth-order valence-corrected chi connectivity index (χ4v) is 4.24. The summed E-state index contributed by atoms with van der Waals surface area (Å²) in [6, 6.07) is 3.63. The van der Waals surface area contributed by atoms with Gasteiger partial charge in [0, 0.05) is 27.7 Å². The second-order valence-corrected chi connectivity index (χ2v) is 7.21. The molecule has 4 nitrogen and oxygen atoms in total. The van der Waals surface area contributed by atoms with Crippen molar-refractivity contribution in [2.45, 2.75) is 11.8 Å². The molecular formula is C17H13ClN2O2S2. The molecule has 0 aliphatic rings. The Morgan fingerprint density at radius 1 is 1.46 bits per heavy atom. The number of thiophene rings is 1. The average molecular weight is 377 g/mol. The molecule has 0 aliphatic heterocycles. The Hall–Kier alpha value is -1.89. The minimum Gasteiger partial charge on any atom is -0.313 e. The molecule has 1 N–H and O–H groups in total. The predicted octanol–water partition coefficient (Wildman–Crippen LogP) is 4.56. The first-order chi connectivity index (χ1) is 11.5. The van der Waals surface area contributed by atoms with Crippen LogP contribution in [0.5, 0.6) is 0 Å². The van der Waals surface area contributed by atoms with Gasteiger partial charge in [0.2, 0.25) is 0 Å². The first-order valence-electron chi connectivity index (χ1n) is 7.03. The Morgan fingerprint density at radius 2 is 2.25 bits per heavy atom. The van der Waals surface area contributed by atoms with Gasteiger partial charge in [-0.15, -0.1) is 23.1 Å². The van der Waals surface area contributed by atoms with Crippen molar-refractivity contribution in [2.75, 3.05) is 6.26 Å². The average Bonchev–Trinajstić information content (AvgIpc) is 3.00. The molecule has 0 amide bonds. The Labute approximate surface area is 151 Å². The second kappa shape index (κ2) is 6.93. The molecule has 0 unspecified atom stereocenters. The molecule has 3 aromatic heterocycles. The van der Waals surface area contributed by atoms with Gasteiger partial charge in [-0.2, -0.15) is 0 Å². The summed E-state index contributed by atoms with van der Waals surface area (Å²) in [5.41, 5.74) is 1.21. The number of nitrogens with zero attached hydrogens (tertiary/aromatic N) is 1. The summed E-state index contributed by atoms with van der Waals surface area (Å²) in [6.45, 7) is 1.84. The number of halogens is 1. The highest BCUT2D eigenvalue weighted by Crippen LogP contribution is 2.30. The quantitative estimate of drug-likeness (QED) is 0.411. The van der Waals surface area contributed by atoms with Gasteiger partial charge in [0.15, 0.2) is 5.78 Å². The van der Waals surface area contributed by atoms with Gasteiger partial charge < -0.3 is 4.98 Å². The van der Waals surface area contributed by atoms with Crippen LogP contribution < -0.4 is 5.56 Å². The number of H-pyrrole nitrogens is 1. The highest BCUT2D eigenvalue weighted by molar-refractivity contribution is 7.99. The molecule has 0 aromatic carbocycles. The molecule has 0 saturated carbocycles. The SMILES string of the molecule is CSc1c(C(=O)/C=C/c2cnc(C)cc2Cl)c(=O)[nH]c2sccc12. The Bertz CT molecular complexity index is 1020. The van der Waals surface area contributed by atoms with Crippen LogP contribution in [0.1, 0.15) is 21.6 Å². The molecule has 0 saturated heterocycles. The molecule has 0 fully saturated rings. The lowest BCUT2D eigenvalue weighted by atomic mass is 10.1. The van der Waals surface area contributed by atoms with Crippen molar-refractivity contribution in [1.82, 2.24) is 9.97 Å². The van der Waals surface area contributed by atoms with E-state index >= 15 is 0 Å². The number of pyridine rings is 2. The van der Waals surface area contributed by atoms with Crippen LogP contribution in [-0.2, 0) is 0 Å². The van der Waals surface area contributed by atoms with Crippen molar-refractivity contribution in [3.63, 3.8) is 0 Å². The van der Waals surface area contributed by atoms with E-state index in [1.807, 2.05) is 24.6 Å². The number of nitrogens with one attached hydrogen (secondary N) is 1. The number of ketones is 1. The molecule has 3 aromatic rings. The highest BCUT2D eigenvalue weighted by Gasteiger charge is 2.17. The van der Waals surface area contributed by atoms with Crippen molar-refractivity contribution in [2.24, 2.45) is 0 Å². The van der Waals surface area contributed by atoms with E-state index in [-0.39, 0.29) is 16.9 Å². The van der Waals surface area contributed by atoms with Gasteiger partial charge in [0.25, 0.3) is 5.56 Å². The molecular weight excluding hydrogens is 364 g/mol. The third-order valence-electron chi connectivity index (χ3n) is 3.47.